The van der Waals surface area contributed by atoms with Crippen LogP contribution in [0.2, 0.25) is 0 Å². The number of aromatic nitrogens is 1. The second-order valence-corrected chi connectivity index (χ2v) is 5.02. The third-order valence-corrected chi connectivity index (χ3v) is 3.34. The van der Waals surface area contributed by atoms with Crippen LogP contribution in [0, 0.1) is 0 Å². The van der Waals surface area contributed by atoms with Gasteiger partial charge in [0.2, 0.25) is 0 Å². The topological polar surface area (TPSA) is 103 Å². The molecule has 0 radical (unpaired) electrons. The van der Waals surface area contributed by atoms with Crippen LogP contribution >= 0.6 is 11.3 Å². The highest BCUT2D eigenvalue weighted by Gasteiger charge is 2.16. The Balaban J connectivity index is 2.10. The Labute approximate surface area is 124 Å². The summed E-state index contributed by atoms with van der Waals surface area (Å²) in [6, 6.07) is 3.27. The van der Waals surface area contributed by atoms with Crippen molar-refractivity contribution in [3.8, 4) is 5.75 Å². The molecule has 0 spiro atoms. The van der Waals surface area contributed by atoms with E-state index in [0.29, 0.717) is 6.54 Å². The molecule has 0 bridgehead atoms. The molecule has 110 valence electrons. The van der Waals surface area contributed by atoms with Crippen molar-refractivity contribution >= 4 is 29.0 Å². The van der Waals surface area contributed by atoms with E-state index in [-0.39, 0.29) is 17.0 Å². The summed E-state index contributed by atoms with van der Waals surface area (Å²) in [5, 5.41) is 22.7. The third kappa shape index (κ3) is 3.69. The highest BCUT2D eigenvalue weighted by atomic mass is 32.1. The smallest absolute Gasteiger partial charge is 0.337 e. The molecule has 1 heterocycles. The second kappa shape index (κ2) is 6.23. The minimum absolute atomic E-state index is 0.121. The van der Waals surface area contributed by atoms with Gasteiger partial charge in [0.25, 0.3) is 0 Å². The lowest BCUT2D eigenvalue weighted by atomic mass is 10.1. The number of benzene rings is 1. The number of nitrogens with one attached hydrogen (secondary N) is 1. The van der Waals surface area contributed by atoms with E-state index in [2.05, 4.69) is 10.3 Å². The Morgan fingerprint density at radius 3 is 2.81 bits per heavy atom. The van der Waals surface area contributed by atoms with Crippen molar-refractivity contribution in [2.45, 2.75) is 6.54 Å². The minimum Gasteiger partial charge on any atom is -0.508 e. The lowest BCUT2D eigenvalue weighted by Crippen LogP contribution is -2.31. The first-order valence-corrected chi connectivity index (χ1v) is 6.87. The number of carboxylic acids is 1. The molecular weight excluding hydrogens is 294 g/mol. The van der Waals surface area contributed by atoms with Gasteiger partial charge >= 0.3 is 12.0 Å². The van der Waals surface area contributed by atoms with E-state index in [0.717, 1.165) is 11.8 Å². The molecule has 21 heavy (non-hydrogen) atoms. The fraction of sp³-hybridized carbons (Fsp3) is 0.154. The number of nitrogens with zero attached hydrogens (tertiary/aromatic N) is 2. The van der Waals surface area contributed by atoms with Crippen LogP contribution in [0.4, 0.5) is 10.5 Å². The van der Waals surface area contributed by atoms with Crippen LogP contribution in [0.1, 0.15) is 16.1 Å². The standard InChI is InChI=1S/C13H13N3O4S/c1-16(5-8-6-21-7-14-8)13(20)15-11-3-2-9(17)4-10(11)12(18)19/h2-4,6-7,17H,5H2,1H3,(H,15,20)(H,18,19). The highest BCUT2D eigenvalue weighted by Crippen LogP contribution is 2.21. The number of carbonyl (C=O) groups is 2. The normalized spacial score (nSPS) is 10.1. The van der Waals surface area contributed by atoms with Crippen LogP contribution in [-0.2, 0) is 6.54 Å². The third-order valence-electron chi connectivity index (χ3n) is 2.70. The lowest BCUT2D eigenvalue weighted by molar-refractivity contribution is 0.0697. The Morgan fingerprint density at radius 1 is 1.43 bits per heavy atom. The molecule has 1 aromatic heterocycles. The maximum Gasteiger partial charge on any atom is 0.337 e. The fourth-order valence-corrected chi connectivity index (χ4v) is 2.21. The Hall–Kier alpha value is -2.61. The Morgan fingerprint density at radius 2 is 2.19 bits per heavy atom. The summed E-state index contributed by atoms with van der Waals surface area (Å²) in [5.74, 6) is -1.41. The number of rotatable bonds is 4. The van der Waals surface area contributed by atoms with E-state index in [1.807, 2.05) is 5.38 Å². The Bertz CT molecular complexity index is 657. The zero-order valence-corrected chi connectivity index (χ0v) is 11.9. The number of thiazole rings is 1. The van der Waals surface area contributed by atoms with Crippen LogP contribution < -0.4 is 5.32 Å². The molecule has 0 aliphatic carbocycles. The van der Waals surface area contributed by atoms with Gasteiger partial charge < -0.3 is 20.4 Å². The van der Waals surface area contributed by atoms with Crippen molar-refractivity contribution in [2.75, 3.05) is 12.4 Å². The zero-order valence-electron chi connectivity index (χ0n) is 11.1. The summed E-state index contributed by atoms with van der Waals surface area (Å²) in [6.07, 6.45) is 0. The first-order chi connectivity index (χ1) is 9.97. The van der Waals surface area contributed by atoms with Gasteiger partial charge in [0.1, 0.15) is 5.75 Å². The summed E-state index contributed by atoms with van der Waals surface area (Å²) in [7, 11) is 1.58. The molecule has 0 atom stereocenters. The first-order valence-electron chi connectivity index (χ1n) is 5.93. The number of phenolic OH excluding ortho intramolecular Hbond substituents is 1. The largest absolute Gasteiger partial charge is 0.508 e. The van der Waals surface area contributed by atoms with Crippen molar-refractivity contribution in [3.05, 3.63) is 40.3 Å². The SMILES string of the molecule is CN(Cc1cscn1)C(=O)Nc1ccc(O)cc1C(=O)O. The van der Waals surface area contributed by atoms with Crippen LogP contribution in [0.15, 0.2) is 29.1 Å². The number of carbonyl (C=O) groups excluding carboxylic acids is 1. The predicted molar refractivity (Wildman–Crippen MR) is 77.7 cm³/mol. The molecule has 2 amide bonds. The van der Waals surface area contributed by atoms with Crippen molar-refractivity contribution in [1.82, 2.24) is 9.88 Å². The number of aromatic carboxylic acids is 1. The molecule has 8 heteroatoms. The molecule has 7 nitrogen and oxygen atoms in total. The minimum atomic E-state index is -1.23. The maximum absolute atomic E-state index is 12.0. The maximum atomic E-state index is 12.0. The van der Waals surface area contributed by atoms with Crippen LogP contribution in [0.5, 0.6) is 5.75 Å². The average Bonchev–Trinajstić information content (AvgIpc) is 2.93. The Kier molecular flexibility index (Phi) is 4.39. The summed E-state index contributed by atoms with van der Waals surface area (Å²) in [6.45, 7) is 0.315. The van der Waals surface area contributed by atoms with Gasteiger partial charge in [-0.05, 0) is 18.2 Å². The molecule has 2 rings (SSSR count). The van der Waals surface area contributed by atoms with Gasteiger partial charge in [0.15, 0.2) is 0 Å². The van der Waals surface area contributed by atoms with Crippen molar-refractivity contribution in [3.63, 3.8) is 0 Å². The van der Waals surface area contributed by atoms with E-state index in [1.54, 1.807) is 12.6 Å². The number of urea groups is 1. The van der Waals surface area contributed by atoms with Crippen LogP contribution in [-0.4, -0.2) is 39.1 Å². The van der Waals surface area contributed by atoms with Gasteiger partial charge in [0, 0.05) is 12.4 Å². The van der Waals surface area contributed by atoms with Gasteiger partial charge in [0.05, 0.1) is 29.0 Å². The number of phenols is 1. The van der Waals surface area contributed by atoms with E-state index in [4.69, 9.17) is 5.11 Å². The molecule has 0 saturated heterocycles. The van der Waals surface area contributed by atoms with Gasteiger partial charge in [-0.2, -0.15) is 0 Å². The molecule has 1 aromatic carbocycles. The van der Waals surface area contributed by atoms with Crippen molar-refractivity contribution < 1.29 is 19.8 Å². The van der Waals surface area contributed by atoms with Crippen LogP contribution in [0.3, 0.4) is 0 Å². The van der Waals surface area contributed by atoms with E-state index in [9.17, 15) is 14.7 Å². The van der Waals surface area contributed by atoms with Crippen molar-refractivity contribution in [1.29, 1.82) is 0 Å². The quantitative estimate of drug-likeness (QED) is 0.751. The molecule has 0 unspecified atom stereocenters. The monoisotopic (exact) mass is 307 g/mol. The predicted octanol–water partition coefficient (Wildman–Crippen LogP) is 2.21. The summed E-state index contributed by atoms with van der Waals surface area (Å²) in [4.78, 5) is 28.6. The lowest BCUT2D eigenvalue weighted by Gasteiger charge is -2.17. The zero-order chi connectivity index (χ0) is 15.4. The molecule has 0 saturated carbocycles. The number of hydrogen-bond donors (Lipinski definition) is 3. The second-order valence-electron chi connectivity index (χ2n) is 4.30. The molecule has 0 aliphatic heterocycles. The summed E-state index contributed by atoms with van der Waals surface area (Å²) in [5.41, 5.74) is 2.37. The molecular formula is C13H13N3O4S. The first kappa shape index (κ1) is 14.8. The highest BCUT2D eigenvalue weighted by molar-refractivity contribution is 7.07. The molecule has 2 aromatic rings. The number of carboxylic acid groups (broad SMARTS) is 1. The van der Waals surface area contributed by atoms with Crippen LogP contribution in [0.25, 0.3) is 0 Å². The van der Waals surface area contributed by atoms with E-state index in [1.165, 1.54) is 28.4 Å². The molecule has 0 fully saturated rings. The fourth-order valence-electron chi connectivity index (χ4n) is 1.66. The molecule has 0 aliphatic rings. The van der Waals surface area contributed by atoms with Gasteiger partial charge in [-0.3, -0.25) is 0 Å². The summed E-state index contributed by atoms with van der Waals surface area (Å²) >= 11 is 1.43. The number of anilines is 1. The average molecular weight is 307 g/mol. The molecule has 3 N–H and O–H groups in total. The van der Waals surface area contributed by atoms with Crippen molar-refractivity contribution in [2.24, 2.45) is 0 Å². The number of hydrogen-bond acceptors (Lipinski definition) is 5. The van der Waals surface area contributed by atoms with E-state index >= 15 is 0 Å². The van der Waals surface area contributed by atoms with Gasteiger partial charge in [-0.1, -0.05) is 0 Å². The van der Waals surface area contributed by atoms with E-state index < -0.39 is 12.0 Å². The summed E-state index contributed by atoms with van der Waals surface area (Å²) < 4.78 is 0. The van der Waals surface area contributed by atoms with Gasteiger partial charge in [-0.15, -0.1) is 11.3 Å². The van der Waals surface area contributed by atoms with Gasteiger partial charge in [-0.25, -0.2) is 14.6 Å². The number of aromatic hydroxyl groups is 1. The number of amides is 2.